The topological polar surface area (TPSA) is 66.4 Å². The molecule has 0 spiro atoms. The molecule has 1 saturated heterocycles. The monoisotopic (exact) mass is 352 g/mol. The number of aromatic nitrogens is 2. The molecule has 0 radical (unpaired) electrons. The van der Waals surface area contributed by atoms with Crippen LogP contribution < -0.4 is 0 Å². The van der Waals surface area contributed by atoms with Gasteiger partial charge in [0, 0.05) is 37.6 Å². The first-order chi connectivity index (χ1) is 12.3. The van der Waals surface area contributed by atoms with Crippen LogP contribution in [0.5, 0.6) is 0 Å². The summed E-state index contributed by atoms with van der Waals surface area (Å²) in [6, 6.07) is 9.87. The van der Waals surface area contributed by atoms with Gasteiger partial charge in [0.2, 0.25) is 0 Å². The molecule has 0 N–H and O–H groups in total. The first kappa shape index (κ1) is 18.0. The molecule has 2 amide bonds. The Hall–Kier alpha value is -2.76. The molecule has 1 aromatic heterocycles. The van der Waals surface area contributed by atoms with E-state index in [9.17, 15) is 9.59 Å². The fourth-order valence-electron chi connectivity index (χ4n) is 2.98. The number of nitrogens with zero attached hydrogens (tertiary/aromatic N) is 4. The zero-order valence-electron chi connectivity index (χ0n) is 15.5. The van der Waals surface area contributed by atoms with Crippen molar-refractivity contribution in [2.24, 2.45) is 5.41 Å². The second kappa shape index (κ2) is 7.23. The Morgan fingerprint density at radius 1 is 0.885 bits per heavy atom. The maximum atomic E-state index is 12.4. The first-order valence-corrected chi connectivity index (χ1v) is 8.78. The third-order valence-corrected chi connectivity index (χ3v) is 4.21. The van der Waals surface area contributed by atoms with Crippen LogP contribution in [0.4, 0.5) is 0 Å². The first-order valence-electron chi connectivity index (χ1n) is 8.78. The zero-order valence-corrected chi connectivity index (χ0v) is 15.5. The third kappa shape index (κ3) is 4.25. The molecule has 0 unspecified atom stereocenters. The average molecular weight is 352 g/mol. The summed E-state index contributed by atoms with van der Waals surface area (Å²) in [5.74, 6) is -0.376. The number of piperazine rings is 1. The highest BCUT2D eigenvalue weighted by Crippen LogP contribution is 2.19. The lowest BCUT2D eigenvalue weighted by atomic mass is 9.95. The maximum absolute atomic E-state index is 12.4. The molecule has 26 heavy (non-hydrogen) atoms. The van der Waals surface area contributed by atoms with Crippen LogP contribution in [0.1, 0.15) is 26.6 Å². The van der Waals surface area contributed by atoms with Gasteiger partial charge in [-0.3, -0.25) is 9.59 Å². The van der Waals surface area contributed by atoms with E-state index in [-0.39, 0.29) is 12.0 Å². The lowest BCUT2D eigenvalue weighted by Crippen LogP contribution is -2.55. The highest BCUT2D eigenvalue weighted by molar-refractivity contribution is 6.35. The van der Waals surface area contributed by atoms with Crippen LogP contribution in [0.15, 0.2) is 42.7 Å². The van der Waals surface area contributed by atoms with Crippen LogP contribution in [-0.2, 0) is 16.1 Å². The van der Waals surface area contributed by atoms with Crippen molar-refractivity contribution in [3.8, 4) is 11.1 Å². The molecule has 0 bridgehead atoms. The highest BCUT2D eigenvalue weighted by atomic mass is 16.2. The Morgan fingerprint density at radius 2 is 1.46 bits per heavy atom. The van der Waals surface area contributed by atoms with E-state index in [4.69, 9.17) is 0 Å². The summed E-state index contributed by atoms with van der Waals surface area (Å²) in [4.78, 5) is 36.6. The fraction of sp³-hybridized carbons (Fsp3) is 0.400. The molecule has 3 rings (SSSR count). The molecule has 1 aliphatic heterocycles. The van der Waals surface area contributed by atoms with E-state index >= 15 is 0 Å². The predicted octanol–water partition coefficient (Wildman–Crippen LogP) is 2.36. The molecule has 2 heterocycles. The molecule has 6 nitrogen and oxygen atoms in total. The molecule has 1 aromatic carbocycles. The molecule has 1 aliphatic rings. The fourth-order valence-corrected chi connectivity index (χ4v) is 2.98. The lowest BCUT2D eigenvalue weighted by molar-refractivity contribution is -0.157. The number of carbonyl (C=O) groups is 2. The molecule has 2 aromatic rings. The van der Waals surface area contributed by atoms with Crippen LogP contribution in [0.3, 0.4) is 0 Å². The van der Waals surface area contributed by atoms with Crippen molar-refractivity contribution < 1.29 is 9.59 Å². The van der Waals surface area contributed by atoms with Crippen molar-refractivity contribution in [1.29, 1.82) is 0 Å². The molecule has 1 fully saturated rings. The van der Waals surface area contributed by atoms with E-state index in [1.54, 1.807) is 17.3 Å². The minimum Gasteiger partial charge on any atom is -0.332 e. The summed E-state index contributed by atoms with van der Waals surface area (Å²) in [5, 5.41) is 0. The Morgan fingerprint density at radius 3 is 2.08 bits per heavy atom. The molecule has 0 saturated carbocycles. The number of rotatable bonds is 4. The van der Waals surface area contributed by atoms with Gasteiger partial charge in [0.15, 0.2) is 0 Å². The summed E-state index contributed by atoms with van der Waals surface area (Å²) in [7, 11) is 0. The van der Waals surface area contributed by atoms with Crippen molar-refractivity contribution in [3.05, 3.63) is 48.5 Å². The molecule has 6 heteroatoms. The second-order valence-corrected chi connectivity index (χ2v) is 7.77. The zero-order chi connectivity index (χ0) is 18.7. The van der Waals surface area contributed by atoms with Gasteiger partial charge in [-0.05, 0) is 11.0 Å². The largest absolute Gasteiger partial charge is 0.332 e. The van der Waals surface area contributed by atoms with Gasteiger partial charge in [-0.2, -0.15) is 0 Å². The summed E-state index contributed by atoms with van der Waals surface area (Å²) in [6.07, 6.45) is 3.50. The van der Waals surface area contributed by atoms with E-state index < -0.39 is 11.8 Å². The van der Waals surface area contributed by atoms with Gasteiger partial charge in [-0.15, -0.1) is 0 Å². The SMILES string of the molecule is CC(C)(C)CN1CCN(Cc2ncc(-c3ccccc3)cn2)C(=O)C1=O. The van der Waals surface area contributed by atoms with Gasteiger partial charge >= 0.3 is 11.8 Å². The van der Waals surface area contributed by atoms with Crippen LogP contribution in [-0.4, -0.2) is 51.2 Å². The number of benzene rings is 1. The van der Waals surface area contributed by atoms with Gasteiger partial charge in [0.25, 0.3) is 0 Å². The van der Waals surface area contributed by atoms with Crippen molar-refractivity contribution >= 4 is 11.8 Å². The number of carbonyl (C=O) groups excluding carboxylic acids is 2. The average Bonchev–Trinajstić information content (AvgIpc) is 2.62. The third-order valence-electron chi connectivity index (χ3n) is 4.21. The minimum absolute atomic E-state index is 0.0332. The van der Waals surface area contributed by atoms with Crippen LogP contribution in [0.2, 0.25) is 0 Å². The molecule has 136 valence electrons. The Balaban J connectivity index is 1.65. The quantitative estimate of drug-likeness (QED) is 0.792. The van der Waals surface area contributed by atoms with Gasteiger partial charge in [0.1, 0.15) is 5.82 Å². The van der Waals surface area contributed by atoms with Crippen molar-refractivity contribution in [2.75, 3.05) is 19.6 Å². The van der Waals surface area contributed by atoms with Gasteiger partial charge in [-0.1, -0.05) is 51.1 Å². The maximum Gasteiger partial charge on any atom is 0.312 e. The molecular weight excluding hydrogens is 328 g/mol. The normalized spacial score (nSPS) is 15.5. The second-order valence-electron chi connectivity index (χ2n) is 7.77. The lowest BCUT2D eigenvalue weighted by Gasteiger charge is -2.36. The molecular formula is C20H24N4O2. The summed E-state index contributed by atoms with van der Waals surface area (Å²) in [5.41, 5.74) is 1.93. The molecule has 0 aliphatic carbocycles. The van der Waals surface area contributed by atoms with E-state index in [2.05, 4.69) is 30.7 Å². The van der Waals surface area contributed by atoms with E-state index in [1.165, 1.54) is 4.90 Å². The molecule has 0 atom stereocenters. The summed E-state index contributed by atoms with van der Waals surface area (Å²) >= 11 is 0. The van der Waals surface area contributed by atoms with E-state index in [0.717, 1.165) is 11.1 Å². The van der Waals surface area contributed by atoms with Crippen LogP contribution in [0, 0.1) is 5.41 Å². The van der Waals surface area contributed by atoms with E-state index in [1.807, 2.05) is 30.3 Å². The Labute approximate surface area is 153 Å². The summed E-state index contributed by atoms with van der Waals surface area (Å²) < 4.78 is 0. The van der Waals surface area contributed by atoms with E-state index in [0.29, 0.717) is 25.5 Å². The highest BCUT2D eigenvalue weighted by Gasteiger charge is 2.34. The van der Waals surface area contributed by atoms with Crippen LogP contribution >= 0.6 is 0 Å². The minimum atomic E-state index is -0.476. The van der Waals surface area contributed by atoms with Crippen molar-refractivity contribution in [2.45, 2.75) is 27.3 Å². The van der Waals surface area contributed by atoms with Crippen molar-refractivity contribution in [1.82, 2.24) is 19.8 Å². The van der Waals surface area contributed by atoms with Gasteiger partial charge in [-0.25, -0.2) is 9.97 Å². The number of hydrogen-bond donors (Lipinski definition) is 0. The number of hydrogen-bond acceptors (Lipinski definition) is 4. The standard InChI is InChI=1S/C20H24N4O2/c1-20(2,3)14-24-10-9-23(18(25)19(24)26)13-17-21-11-16(12-22-17)15-7-5-4-6-8-15/h4-8,11-12H,9-10,13-14H2,1-3H3. The van der Waals surface area contributed by atoms with Gasteiger partial charge in [0.05, 0.1) is 6.54 Å². The van der Waals surface area contributed by atoms with Gasteiger partial charge < -0.3 is 9.80 Å². The van der Waals surface area contributed by atoms with Crippen LogP contribution in [0.25, 0.3) is 11.1 Å². The summed E-state index contributed by atoms with van der Waals surface area (Å²) in [6.45, 7) is 8.04. The predicted molar refractivity (Wildman–Crippen MR) is 98.9 cm³/mol. The Bertz CT molecular complexity index is 782. The Kier molecular flexibility index (Phi) is 5.02. The smallest absolute Gasteiger partial charge is 0.312 e. The van der Waals surface area contributed by atoms with Crippen molar-refractivity contribution in [3.63, 3.8) is 0 Å². The number of amides is 2.